The monoisotopic (exact) mass is 214 g/mol. The van der Waals surface area contributed by atoms with E-state index in [1.165, 1.54) is 0 Å². The maximum absolute atomic E-state index is 11.8. The predicted octanol–water partition coefficient (Wildman–Crippen LogP) is 0.406. The lowest BCUT2D eigenvalue weighted by atomic mass is 9.98. The van der Waals surface area contributed by atoms with Gasteiger partial charge in [-0.25, -0.2) is 0 Å². The lowest BCUT2D eigenvalue weighted by molar-refractivity contribution is -0.125. The van der Waals surface area contributed by atoms with E-state index in [1.807, 2.05) is 13.8 Å². The number of rotatable bonds is 4. The van der Waals surface area contributed by atoms with Crippen LogP contribution in [0.25, 0.3) is 0 Å². The van der Waals surface area contributed by atoms with Gasteiger partial charge in [0.25, 0.3) is 0 Å². The summed E-state index contributed by atoms with van der Waals surface area (Å²) >= 11 is 0. The van der Waals surface area contributed by atoms with Gasteiger partial charge in [-0.05, 0) is 39.7 Å². The highest BCUT2D eigenvalue weighted by Gasteiger charge is 2.26. The molecule has 1 unspecified atom stereocenters. The smallest absolute Gasteiger partial charge is 0.237 e. The Bertz CT molecular complexity index is 211. The zero-order valence-electron chi connectivity index (χ0n) is 9.68. The van der Waals surface area contributed by atoms with Crippen molar-refractivity contribution in [2.24, 2.45) is 0 Å². The Morgan fingerprint density at radius 2 is 2.27 bits per heavy atom. The van der Waals surface area contributed by atoms with Crippen molar-refractivity contribution in [3.63, 3.8) is 0 Å². The van der Waals surface area contributed by atoms with Crippen molar-refractivity contribution in [1.82, 2.24) is 10.6 Å². The van der Waals surface area contributed by atoms with Crippen molar-refractivity contribution in [2.75, 3.05) is 13.2 Å². The fraction of sp³-hybridized carbons (Fsp3) is 0.909. The summed E-state index contributed by atoms with van der Waals surface area (Å²) in [5.41, 5.74) is -0.315. The SMILES string of the molecule is CC(C)(CCO)NC(=O)C1CCCCN1. The van der Waals surface area contributed by atoms with Crippen molar-refractivity contribution in [2.45, 2.75) is 51.1 Å². The van der Waals surface area contributed by atoms with Crippen LogP contribution in [0.15, 0.2) is 0 Å². The Balaban J connectivity index is 2.39. The molecule has 0 aromatic heterocycles. The summed E-state index contributed by atoms with van der Waals surface area (Å²) in [5.74, 6) is 0.0631. The van der Waals surface area contributed by atoms with E-state index in [0.29, 0.717) is 6.42 Å². The first kappa shape index (κ1) is 12.5. The fourth-order valence-corrected chi connectivity index (χ4v) is 1.84. The van der Waals surface area contributed by atoms with Gasteiger partial charge in [-0.2, -0.15) is 0 Å². The molecule has 4 heteroatoms. The van der Waals surface area contributed by atoms with Gasteiger partial charge in [0.2, 0.25) is 5.91 Å². The van der Waals surface area contributed by atoms with Crippen LogP contribution in [0.4, 0.5) is 0 Å². The van der Waals surface area contributed by atoms with Gasteiger partial charge in [-0.15, -0.1) is 0 Å². The lowest BCUT2D eigenvalue weighted by Gasteiger charge is -2.30. The molecule has 1 amide bonds. The molecule has 0 aliphatic carbocycles. The predicted molar refractivity (Wildman–Crippen MR) is 59.6 cm³/mol. The molecule has 0 bridgehead atoms. The van der Waals surface area contributed by atoms with Gasteiger partial charge < -0.3 is 15.7 Å². The van der Waals surface area contributed by atoms with Gasteiger partial charge in [0, 0.05) is 12.1 Å². The van der Waals surface area contributed by atoms with Crippen molar-refractivity contribution in [3.05, 3.63) is 0 Å². The van der Waals surface area contributed by atoms with Gasteiger partial charge in [0.15, 0.2) is 0 Å². The number of aliphatic hydroxyl groups excluding tert-OH is 1. The van der Waals surface area contributed by atoms with Gasteiger partial charge in [-0.1, -0.05) is 6.42 Å². The molecule has 1 fully saturated rings. The molecule has 15 heavy (non-hydrogen) atoms. The van der Waals surface area contributed by atoms with Crippen LogP contribution < -0.4 is 10.6 Å². The van der Waals surface area contributed by atoms with Crippen LogP contribution in [0.2, 0.25) is 0 Å². The van der Waals surface area contributed by atoms with Crippen molar-refractivity contribution >= 4 is 5.91 Å². The fourth-order valence-electron chi connectivity index (χ4n) is 1.84. The molecule has 0 aromatic carbocycles. The summed E-state index contributed by atoms with van der Waals surface area (Å²) in [6.45, 7) is 4.90. The van der Waals surface area contributed by atoms with E-state index in [1.54, 1.807) is 0 Å². The molecule has 1 rings (SSSR count). The van der Waals surface area contributed by atoms with E-state index in [4.69, 9.17) is 5.11 Å². The van der Waals surface area contributed by atoms with E-state index in [9.17, 15) is 4.79 Å². The summed E-state index contributed by atoms with van der Waals surface area (Å²) in [4.78, 5) is 11.8. The molecule has 1 saturated heterocycles. The maximum atomic E-state index is 11.8. The maximum Gasteiger partial charge on any atom is 0.237 e. The minimum Gasteiger partial charge on any atom is -0.396 e. The molecule has 3 N–H and O–H groups in total. The highest BCUT2D eigenvalue weighted by Crippen LogP contribution is 2.11. The third-order valence-electron chi connectivity index (χ3n) is 2.83. The molecule has 0 saturated carbocycles. The largest absolute Gasteiger partial charge is 0.396 e. The van der Waals surface area contributed by atoms with Crippen LogP contribution in [0.5, 0.6) is 0 Å². The molecule has 0 aromatic rings. The number of carbonyl (C=O) groups is 1. The quantitative estimate of drug-likeness (QED) is 0.635. The Kier molecular flexibility index (Phi) is 4.54. The highest BCUT2D eigenvalue weighted by atomic mass is 16.3. The molecule has 1 atom stereocenters. The molecule has 88 valence electrons. The third-order valence-corrected chi connectivity index (χ3v) is 2.83. The molecule has 0 radical (unpaired) electrons. The minimum atomic E-state index is -0.315. The van der Waals surface area contributed by atoms with E-state index < -0.39 is 0 Å². The highest BCUT2D eigenvalue weighted by molar-refractivity contribution is 5.82. The molecular formula is C11H22N2O2. The van der Waals surface area contributed by atoms with Gasteiger partial charge in [0.05, 0.1) is 6.04 Å². The first-order valence-corrected chi connectivity index (χ1v) is 5.71. The summed E-state index contributed by atoms with van der Waals surface area (Å²) in [5, 5.41) is 15.0. The van der Waals surface area contributed by atoms with Crippen LogP contribution in [-0.4, -0.2) is 35.7 Å². The zero-order chi connectivity index (χ0) is 11.3. The number of hydrogen-bond donors (Lipinski definition) is 3. The summed E-state index contributed by atoms with van der Waals surface area (Å²) in [6, 6.07) is -0.0447. The second-order valence-corrected chi connectivity index (χ2v) is 4.85. The van der Waals surface area contributed by atoms with Gasteiger partial charge >= 0.3 is 0 Å². The number of piperidine rings is 1. The van der Waals surface area contributed by atoms with E-state index in [2.05, 4.69) is 10.6 Å². The van der Waals surface area contributed by atoms with Crippen LogP contribution in [0, 0.1) is 0 Å². The van der Waals surface area contributed by atoms with Gasteiger partial charge in [0.1, 0.15) is 0 Å². The summed E-state index contributed by atoms with van der Waals surface area (Å²) in [7, 11) is 0. The average molecular weight is 214 g/mol. The Morgan fingerprint density at radius 1 is 1.53 bits per heavy atom. The molecule has 4 nitrogen and oxygen atoms in total. The standard InChI is InChI=1S/C11H22N2O2/c1-11(2,6-8-14)13-10(15)9-5-3-4-7-12-9/h9,12,14H,3-8H2,1-2H3,(H,13,15). The van der Waals surface area contributed by atoms with Crippen LogP contribution in [0.1, 0.15) is 39.5 Å². The lowest BCUT2D eigenvalue weighted by Crippen LogP contribution is -2.53. The van der Waals surface area contributed by atoms with Crippen LogP contribution in [-0.2, 0) is 4.79 Å². The Labute approximate surface area is 91.4 Å². The molecule has 1 heterocycles. The Morgan fingerprint density at radius 3 is 2.80 bits per heavy atom. The van der Waals surface area contributed by atoms with Crippen molar-refractivity contribution < 1.29 is 9.90 Å². The first-order valence-electron chi connectivity index (χ1n) is 5.71. The second-order valence-electron chi connectivity index (χ2n) is 4.85. The number of aliphatic hydroxyl groups is 1. The number of nitrogens with one attached hydrogen (secondary N) is 2. The molecule has 1 aliphatic rings. The van der Waals surface area contributed by atoms with Gasteiger partial charge in [-0.3, -0.25) is 4.79 Å². The van der Waals surface area contributed by atoms with E-state index >= 15 is 0 Å². The Hall–Kier alpha value is -0.610. The zero-order valence-corrected chi connectivity index (χ0v) is 9.68. The average Bonchev–Trinajstić information content (AvgIpc) is 2.18. The van der Waals surface area contributed by atoms with Crippen molar-refractivity contribution in [3.8, 4) is 0 Å². The van der Waals surface area contributed by atoms with Crippen LogP contribution in [0.3, 0.4) is 0 Å². The second kappa shape index (κ2) is 5.47. The molecular weight excluding hydrogens is 192 g/mol. The summed E-state index contributed by atoms with van der Waals surface area (Å²) < 4.78 is 0. The van der Waals surface area contributed by atoms with Crippen LogP contribution >= 0.6 is 0 Å². The minimum absolute atomic E-state index is 0.0447. The number of amides is 1. The molecule has 0 spiro atoms. The third kappa shape index (κ3) is 4.18. The van der Waals surface area contributed by atoms with E-state index in [0.717, 1.165) is 25.8 Å². The number of hydrogen-bond acceptors (Lipinski definition) is 3. The number of carbonyl (C=O) groups excluding carboxylic acids is 1. The summed E-state index contributed by atoms with van der Waals surface area (Å²) in [6.07, 6.45) is 3.78. The van der Waals surface area contributed by atoms with Crippen molar-refractivity contribution in [1.29, 1.82) is 0 Å². The normalized spacial score (nSPS) is 22.5. The molecule has 1 aliphatic heterocycles. The first-order chi connectivity index (χ1) is 7.05. The van der Waals surface area contributed by atoms with E-state index in [-0.39, 0.29) is 24.1 Å². The topological polar surface area (TPSA) is 61.4 Å².